The Hall–Kier alpha value is -2.80. The Bertz CT molecular complexity index is 968. The molecule has 1 aliphatic heterocycles. The van der Waals surface area contributed by atoms with Gasteiger partial charge in [0, 0.05) is 30.1 Å². The molecule has 3 N–H and O–H groups in total. The molecule has 5 rings (SSSR count). The largest absolute Gasteiger partial charge is 0.388 e. The quantitative estimate of drug-likeness (QED) is 0.662. The molecule has 0 saturated heterocycles. The van der Waals surface area contributed by atoms with Gasteiger partial charge in [-0.2, -0.15) is 5.10 Å². The number of anilines is 1. The number of nitrogens with zero attached hydrogens (tertiary/aromatic N) is 3. The highest BCUT2D eigenvalue weighted by atomic mass is 16.3. The fraction of sp³-hybridized carbons (Fsp3) is 0.400. The zero-order valence-corrected chi connectivity index (χ0v) is 15.1. The van der Waals surface area contributed by atoms with Crippen LogP contribution in [0.25, 0.3) is 10.9 Å². The molecule has 0 atom stereocenters. The summed E-state index contributed by atoms with van der Waals surface area (Å²) in [6.45, 7) is 2.37. The maximum absolute atomic E-state index is 12.9. The molecule has 0 radical (unpaired) electrons. The number of rotatable bonds is 4. The SMILES string of the molecule is O=C(c1cc2ccccc2[nH]1)N1CCn2nc(NCC3(O)CCC3)cc2C1. The zero-order chi connectivity index (χ0) is 18.4. The molecule has 3 aromatic rings. The minimum atomic E-state index is -0.582. The van der Waals surface area contributed by atoms with Gasteiger partial charge >= 0.3 is 0 Å². The van der Waals surface area contributed by atoms with E-state index in [0.717, 1.165) is 41.7 Å². The number of fused-ring (bicyclic) bond motifs is 2. The van der Waals surface area contributed by atoms with Crippen LogP contribution in [0, 0.1) is 0 Å². The van der Waals surface area contributed by atoms with Gasteiger partial charge in [-0.3, -0.25) is 9.48 Å². The highest BCUT2D eigenvalue weighted by molar-refractivity contribution is 5.98. The monoisotopic (exact) mass is 365 g/mol. The molecule has 7 nitrogen and oxygen atoms in total. The molecule has 1 aliphatic carbocycles. The number of aliphatic hydroxyl groups is 1. The Morgan fingerprint density at radius 3 is 2.89 bits per heavy atom. The third kappa shape index (κ3) is 2.98. The molecule has 0 bridgehead atoms. The lowest BCUT2D eigenvalue weighted by atomic mass is 9.80. The van der Waals surface area contributed by atoms with E-state index in [-0.39, 0.29) is 5.91 Å². The summed E-state index contributed by atoms with van der Waals surface area (Å²) in [7, 11) is 0. The van der Waals surface area contributed by atoms with Crippen LogP contribution in [-0.4, -0.2) is 49.4 Å². The highest BCUT2D eigenvalue weighted by Gasteiger charge is 2.34. The average molecular weight is 365 g/mol. The van der Waals surface area contributed by atoms with Crippen molar-refractivity contribution in [1.82, 2.24) is 19.7 Å². The summed E-state index contributed by atoms with van der Waals surface area (Å²) in [5.41, 5.74) is 2.02. The summed E-state index contributed by atoms with van der Waals surface area (Å²) in [4.78, 5) is 18.0. The lowest BCUT2D eigenvalue weighted by Gasteiger charge is -2.36. The lowest BCUT2D eigenvalue weighted by Crippen LogP contribution is -2.43. The summed E-state index contributed by atoms with van der Waals surface area (Å²) >= 11 is 0. The van der Waals surface area contributed by atoms with Crippen molar-refractivity contribution in [3.8, 4) is 0 Å². The van der Waals surface area contributed by atoms with E-state index in [2.05, 4.69) is 15.4 Å². The fourth-order valence-corrected chi connectivity index (χ4v) is 3.90. The van der Waals surface area contributed by atoms with Crippen LogP contribution in [0.2, 0.25) is 0 Å². The molecule has 7 heteroatoms. The van der Waals surface area contributed by atoms with Gasteiger partial charge in [-0.05, 0) is 31.4 Å². The predicted molar refractivity (Wildman–Crippen MR) is 103 cm³/mol. The Morgan fingerprint density at radius 2 is 2.11 bits per heavy atom. The van der Waals surface area contributed by atoms with Gasteiger partial charge in [0.1, 0.15) is 11.5 Å². The van der Waals surface area contributed by atoms with Crippen LogP contribution in [0.5, 0.6) is 0 Å². The molecule has 0 unspecified atom stereocenters. The minimum absolute atomic E-state index is 0.0111. The van der Waals surface area contributed by atoms with Crippen molar-refractivity contribution in [1.29, 1.82) is 0 Å². The summed E-state index contributed by atoms with van der Waals surface area (Å²) in [5.74, 6) is 0.780. The molecular weight excluding hydrogens is 342 g/mol. The van der Waals surface area contributed by atoms with Crippen LogP contribution < -0.4 is 5.32 Å². The molecule has 1 aromatic carbocycles. The number of aromatic nitrogens is 3. The summed E-state index contributed by atoms with van der Waals surface area (Å²) in [5, 5.41) is 19.1. The molecule has 0 spiro atoms. The number of aromatic amines is 1. The van der Waals surface area contributed by atoms with Gasteiger partial charge in [-0.25, -0.2) is 0 Å². The van der Waals surface area contributed by atoms with Gasteiger partial charge in [-0.1, -0.05) is 18.2 Å². The molecule has 2 aromatic heterocycles. The molecule has 3 heterocycles. The number of para-hydroxylation sites is 1. The average Bonchev–Trinajstić information content (AvgIpc) is 3.27. The fourth-order valence-electron chi connectivity index (χ4n) is 3.90. The number of benzene rings is 1. The summed E-state index contributed by atoms with van der Waals surface area (Å²) < 4.78 is 1.95. The second kappa shape index (κ2) is 6.13. The number of hydrogen-bond acceptors (Lipinski definition) is 4. The third-order valence-corrected chi connectivity index (χ3v) is 5.73. The van der Waals surface area contributed by atoms with E-state index in [1.54, 1.807) is 0 Å². The zero-order valence-electron chi connectivity index (χ0n) is 15.1. The number of amides is 1. The smallest absolute Gasteiger partial charge is 0.270 e. The first-order valence-electron chi connectivity index (χ1n) is 9.50. The second-order valence-electron chi connectivity index (χ2n) is 7.67. The van der Waals surface area contributed by atoms with E-state index in [9.17, 15) is 9.90 Å². The molecule has 2 aliphatic rings. The van der Waals surface area contributed by atoms with Crippen molar-refractivity contribution in [3.05, 3.63) is 47.8 Å². The third-order valence-electron chi connectivity index (χ3n) is 5.73. The summed E-state index contributed by atoms with van der Waals surface area (Å²) in [6.07, 6.45) is 2.78. The van der Waals surface area contributed by atoms with Crippen molar-refractivity contribution >= 4 is 22.6 Å². The first-order chi connectivity index (χ1) is 13.1. The molecule has 140 valence electrons. The maximum atomic E-state index is 12.9. The molecule has 1 fully saturated rings. The predicted octanol–water partition coefficient (Wildman–Crippen LogP) is 2.35. The molecule has 1 amide bonds. The number of nitrogens with one attached hydrogen (secondary N) is 2. The van der Waals surface area contributed by atoms with E-state index in [1.807, 2.05) is 46.0 Å². The van der Waals surface area contributed by atoms with Crippen molar-refractivity contribution in [2.75, 3.05) is 18.4 Å². The van der Waals surface area contributed by atoms with Crippen molar-refractivity contribution in [3.63, 3.8) is 0 Å². The van der Waals surface area contributed by atoms with E-state index in [0.29, 0.717) is 31.9 Å². The topological polar surface area (TPSA) is 86.2 Å². The molecule has 1 saturated carbocycles. The molecular formula is C20H23N5O2. The van der Waals surface area contributed by atoms with Crippen LogP contribution in [0.15, 0.2) is 36.4 Å². The molecule has 27 heavy (non-hydrogen) atoms. The van der Waals surface area contributed by atoms with Crippen molar-refractivity contribution in [2.24, 2.45) is 0 Å². The standard InChI is InChI=1S/C20H23N5O2/c26-19(17-10-14-4-1-2-5-16(14)22-17)24-8-9-25-15(12-24)11-18(23-25)21-13-20(27)6-3-7-20/h1-2,4-5,10-11,22,27H,3,6-9,12-13H2,(H,21,23). The Balaban J connectivity index is 1.29. The van der Waals surface area contributed by atoms with Crippen molar-refractivity contribution in [2.45, 2.75) is 38.0 Å². The Kier molecular flexibility index (Phi) is 3.72. The van der Waals surface area contributed by atoms with Crippen molar-refractivity contribution < 1.29 is 9.90 Å². The van der Waals surface area contributed by atoms with E-state index >= 15 is 0 Å². The van der Waals surface area contributed by atoms with Gasteiger partial charge in [0.25, 0.3) is 5.91 Å². The van der Waals surface area contributed by atoms with Gasteiger partial charge in [0.15, 0.2) is 0 Å². The summed E-state index contributed by atoms with van der Waals surface area (Å²) in [6, 6.07) is 11.8. The normalized spacial score (nSPS) is 18.2. The first kappa shape index (κ1) is 16.4. The second-order valence-corrected chi connectivity index (χ2v) is 7.67. The number of carbonyl (C=O) groups excluding carboxylic acids is 1. The minimum Gasteiger partial charge on any atom is -0.388 e. The maximum Gasteiger partial charge on any atom is 0.270 e. The van der Waals surface area contributed by atoms with Crippen LogP contribution in [0.3, 0.4) is 0 Å². The van der Waals surface area contributed by atoms with E-state index in [1.165, 1.54) is 0 Å². The van der Waals surface area contributed by atoms with Gasteiger partial charge in [-0.15, -0.1) is 0 Å². The number of H-pyrrole nitrogens is 1. The number of hydrogen-bond donors (Lipinski definition) is 3. The Labute approximate surface area is 157 Å². The highest BCUT2D eigenvalue weighted by Crippen LogP contribution is 2.31. The first-order valence-corrected chi connectivity index (χ1v) is 9.50. The van der Waals surface area contributed by atoms with Gasteiger partial charge in [0.2, 0.25) is 0 Å². The van der Waals surface area contributed by atoms with Gasteiger partial charge in [0.05, 0.1) is 24.4 Å². The Morgan fingerprint density at radius 1 is 1.26 bits per heavy atom. The van der Waals surface area contributed by atoms with E-state index in [4.69, 9.17) is 0 Å². The lowest BCUT2D eigenvalue weighted by molar-refractivity contribution is -0.0202. The number of carbonyl (C=O) groups is 1. The van der Waals surface area contributed by atoms with Gasteiger partial charge < -0.3 is 20.3 Å². The van der Waals surface area contributed by atoms with Crippen LogP contribution in [0.4, 0.5) is 5.82 Å². The van der Waals surface area contributed by atoms with Crippen LogP contribution in [-0.2, 0) is 13.1 Å². The van der Waals surface area contributed by atoms with E-state index < -0.39 is 5.60 Å². The van der Waals surface area contributed by atoms with Crippen LogP contribution >= 0.6 is 0 Å². The van der Waals surface area contributed by atoms with Crippen LogP contribution in [0.1, 0.15) is 35.4 Å².